The minimum atomic E-state index is -0.385. The van der Waals surface area contributed by atoms with E-state index in [1.807, 2.05) is 24.3 Å². The number of hydrogen-bond donors (Lipinski definition) is 1. The van der Waals surface area contributed by atoms with Gasteiger partial charge in [0, 0.05) is 24.8 Å². The van der Waals surface area contributed by atoms with Gasteiger partial charge in [-0.15, -0.1) is 0 Å². The maximum Gasteiger partial charge on any atom is 0.141 e. The van der Waals surface area contributed by atoms with Crippen LogP contribution in [0.5, 0.6) is 0 Å². The molecule has 2 rings (SSSR count). The molecule has 0 bridgehead atoms. The van der Waals surface area contributed by atoms with Crippen LogP contribution in [0.1, 0.15) is 25.0 Å². The Morgan fingerprint density at radius 1 is 1.14 bits per heavy atom. The summed E-state index contributed by atoms with van der Waals surface area (Å²) in [7, 11) is 0. The summed E-state index contributed by atoms with van der Waals surface area (Å²) in [5.74, 6) is -0.385. The Kier molecular flexibility index (Phi) is 5.21. The molecule has 0 atom stereocenters. The van der Waals surface area contributed by atoms with Crippen LogP contribution in [0.2, 0.25) is 5.02 Å². The van der Waals surface area contributed by atoms with Crippen LogP contribution in [0.4, 0.5) is 10.1 Å². The molecule has 0 aliphatic heterocycles. The average molecular weight is 307 g/mol. The third-order valence-corrected chi connectivity index (χ3v) is 3.82. The number of hydrogen-bond acceptors (Lipinski definition) is 2. The third-order valence-electron chi connectivity index (χ3n) is 3.53. The smallest absolute Gasteiger partial charge is 0.141 e. The molecule has 0 aromatic heterocycles. The first-order valence-corrected chi connectivity index (χ1v) is 7.36. The second-order valence-electron chi connectivity index (χ2n) is 5.45. The van der Waals surface area contributed by atoms with Gasteiger partial charge in [0.05, 0.1) is 5.02 Å². The first-order chi connectivity index (χ1) is 9.97. The van der Waals surface area contributed by atoms with E-state index < -0.39 is 0 Å². The molecule has 4 heteroatoms. The molecule has 0 saturated heterocycles. The highest BCUT2D eigenvalue weighted by Gasteiger charge is 2.13. The van der Waals surface area contributed by atoms with E-state index in [9.17, 15) is 4.39 Å². The maximum absolute atomic E-state index is 13.2. The second kappa shape index (κ2) is 6.92. The van der Waals surface area contributed by atoms with Gasteiger partial charge in [0.2, 0.25) is 0 Å². The van der Waals surface area contributed by atoms with Gasteiger partial charge in [0.25, 0.3) is 0 Å². The SMILES string of the molecule is CC(C)N(Cc1ccc(F)c(Cl)c1)Cc1ccccc1N. The molecule has 0 spiro atoms. The molecular weight excluding hydrogens is 287 g/mol. The number of nitrogens with zero attached hydrogens (tertiary/aromatic N) is 1. The standard InChI is InChI=1S/C17H20ClFN2/c1-12(2)21(11-14-5-3-4-6-17(14)20)10-13-7-8-16(19)15(18)9-13/h3-9,12H,10-11,20H2,1-2H3. The quantitative estimate of drug-likeness (QED) is 0.826. The van der Waals surface area contributed by atoms with Crippen molar-refractivity contribution in [2.24, 2.45) is 0 Å². The van der Waals surface area contributed by atoms with Gasteiger partial charge in [-0.1, -0.05) is 35.9 Å². The topological polar surface area (TPSA) is 29.3 Å². The van der Waals surface area contributed by atoms with Gasteiger partial charge < -0.3 is 5.73 Å². The van der Waals surface area contributed by atoms with Crippen molar-refractivity contribution in [1.82, 2.24) is 4.90 Å². The Balaban J connectivity index is 2.16. The summed E-state index contributed by atoms with van der Waals surface area (Å²) in [4.78, 5) is 2.27. The molecule has 0 unspecified atom stereocenters. The highest BCUT2D eigenvalue weighted by Crippen LogP contribution is 2.20. The van der Waals surface area contributed by atoms with E-state index in [0.29, 0.717) is 12.6 Å². The normalized spacial score (nSPS) is 11.3. The van der Waals surface area contributed by atoms with Gasteiger partial charge in [-0.05, 0) is 43.2 Å². The zero-order valence-corrected chi connectivity index (χ0v) is 13.1. The average Bonchev–Trinajstić information content (AvgIpc) is 2.44. The van der Waals surface area contributed by atoms with Gasteiger partial charge in [-0.3, -0.25) is 4.90 Å². The van der Waals surface area contributed by atoms with Crippen LogP contribution in [0.15, 0.2) is 42.5 Å². The highest BCUT2D eigenvalue weighted by molar-refractivity contribution is 6.30. The molecule has 0 aliphatic carbocycles. The van der Waals surface area contributed by atoms with Crippen molar-refractivity contribution in [2.45, 2.75) is 33.0 Å². The lowest BCUT2D eigenvalue weighted by atomic mass is 10.1. The fourth-order valence-electron chi connectivity index (χ4n) is 2.19. The van der Waals surface area contributed by atoms with Gasteiger partial charge in [0.1, 0.15) is 5.82 Å². The van der Waals surface area contributed by atoms with E-state index in [4.69, 9.17) is 17.3 Å². The van der Waals surface area contributed by atoms with E-state index in [1.54, 1.807) is 12.1 Å². The summed E-state index contributed by atoms with van der Waals surface area (Å²) in [5.41, 5.74) is 8.89. The Labute approximate surface area is 130 Å². The lowest BCUT2D eigenvalue weighted by molar-refractivity contribution is 0.204. The summed E-state index contributed by atoms with van der Waals surface area (Å²) in [6.45, 7) is 5.71. The molecule has 0 saturated carbocycles. The van der Waals surface area contributed by atoms with Crippen LogP contribution in [0, 0.1) is 5.82 Å². The molecule has 0 radical (unpaired) electrons. The maximum atomic E-state index is 13.2. The van der Waals surface area contributed by atoms with Crippen LogP contribution in [0.3, 0.4) is 0 Å². The molecule has 0 fully saturated rings. The van der Waals surface area contributed by atoms with Gasteiger partial charge in [-0.25, -0.2) is 4.39 Å². The predicted octanol–water partition coefficient (Wildman–Crippen LogP) is 4.47. The lowest BCUT2D eigenvalue weighted by Gasteiger charge is -2.27. The van der Waals surface area contributed by atoms with Crippen LogP contribution >= 0.6 is 11.6 Å². The van der Waals surface area contributed by atoms with Crippen molar-refractivity contribution in [3.05, 3.63) is 64.4 Å². The van der Waals surface area contributed by atoms with Crippen molar-refractivity contribution in [1.29, 1.82) is 0 Å². The number of halogens is 2. The molecular formula is C17H20ClFN2. The van der Waals surface area contributed by atoms with E-state index in [2.05, 4.69) is 18.7 Å². The van der Waals surface area contributed by atoms with Crippen molar-refractivity contribution in [2.75, 3.05) is 5.73 Å². The Morgan fingerprint density at radius 3 is 2.48 bits per heavy atom. The largest absolute Gasteiger partial charge is 0.398 e. The molecule has 21 heavy (non-hydrogen) atoms. The fourth-order valence-corrected chi connectivity index (χ4v) is 2.39. The van der Waals surface area contributed by atoms with E-state index >= 15 is 0 Å². The fraction of sp³-hybridized carbons (Fsp3) is 0.294. The second-order valence-corrected chi connectivity index (χ2v) is 5.85. The van der Waals surface area contributed by atoms with Crippen molar-refractivity contribution in [3.63, 3.8) is 0 Å². The monoisotopic (exact) mass is 306 g/mol. The molecule has 2 N–H and O–H groups in total. The minimum absolute atomic E-state index is 0.162. The highest BCUT2D eigenvalue weighted by atomic mass is 35.5. The zero-order chi connectivity index (χ0) is 15.4. The van der Waals surface area contributed by atoms with Crippen LogP contribution in [-0.2, 0) is 13.1 Å². The number of nitrogens with two attached hydrogens (primary N) is 1. The van der Waals surface area contributed by atoms with Crippen LogP contribution in [-0.4, -0.2) is 10.9 Å². The molecule has 0 amide bonds. The first kappa shape index (κ1) is 15.8. The summed E-state index contributed by atoms with van der Waals surface area (Å²) in [6, 6.07) is 13.1. The molecule has 0 aliphatic rings. The Bertz CT molecular complexity index is 613. The number of nitrogen functional groups attached to an aromatic ring is 1. The first-order valence-electron chi connectivity index (χ1n) is 6.98. The number of para-hydroxylation sites is 1. The Hall–Kier alpha value is -1.58. The molecule has 2 nitrogen and oxygen atoms in total. The van der Waals surface area contributed by atoms with Gasteiger partial charge in [-0.2, -0.15) is 0 Å². The summed E-state index contributed by atoms with van der Waals surface area (Å²) in [5, 5.41) is 0.162. The molecule has 0 heterocycles. The van der Waals surface area contributed by atoms with E-state index in [0.717, 1.165) is 23.4 Å². The number of anilines is 1. The van der Waals surface area contributed by atoms with Crippen molar-refractivity contribution >= 4 is 17.3 Å². The predicted molar refractivity (Wildman–Crippen MR) is 86.6 cm³/mol. The number of benzene rings is 2. The third kappa shape index (κ3) is 4.19. The minimum Gasteiger partial charge on any atom is -0.398 e. The van der Waals surface area contributed by atoms with E-state index in [-0.39, 0.29) is 10.8 Å². The van der Waals surface area contributed by atoms with E-state index in [1.165, 1.54) is 6.07 Å². The summed E-state index contributed by atoms with van der Waals surface area (Å²) >= 11 is 5.85. The van der Waals surface area contributed by atoms with Gasteiger partial charge in [0.15, 0.2) is 0 Å². The zero-order valence-electron chi connectivity index (χ0n) is 12.3. The Morgan fingerprint density at radius 2 is 1.86 bits per heavy atom. The van der Waals surface area contributed by atoms with Crippen molar-refractivity contribution < 1.29 is 4.39 Å². The summed E-state index contributed by atoms with van der Waals surface area (Å²) in [6.07, 6.45) is 0. The van der Waals surface area contributed by atoms with Gasteiger partial charge >= 0.3 is 0 Å². The lowest BCUT2D eigenvalue weighted by Crippen LogP contribution is -2.30. The number of rotatable bonds is 5. The molecule has 2 aromatic carbocycles. The summed E-state index contributed by atoms with van der Waals surface area (Å²) < 4.78 is 13.2. The van der Waals surface area contributed by atoms with Crippen LogP contribution in [0.25, 0.3) is 0 Å². The van der Waals surface area contributed by atoms with Crippen LogP contribution < -0.4 is 5.73 Å². The van der Waals surface area contributed by atoms with Crippen molar-refractivity contribution in [3.8, 4) is 0 Å². The molecule has 2 aromatic rings. The molecule has 112 valence electrons.